The van der Waals surface area contributed by atoms with Crippen LogP contribution in [0.15, 0.2) is 78.9 Å². The monoisotopic (exact) mass is 472 g/mol. The van der Waals surface area contributed by atoms with E-state index in [4.69, 9.17) is 0 Å². The quantitative estimate of drug-likeness (QED) is 0.272. The number of aryl methyl sites for hydroxylation is 1. The van der Waals surface area contributed by atoms with Gasteiger partial charge in [-0.2, -0.15) is 0 Å². The largest absolute Gasteiger partial charge is 0.0579 e. The average Bonchev–Trinajstić information content (AvgIpc) is 3.05. The molecule has 0 aromatic heterocycles. The van der Waals surface area contributed by atoms with Crippen LogP contribution in [0, 0.1) is 6.92 Å². The second-order valence-corrected chi connectivity index (χ2v) is 13.3. The molecule has 0 heteroatoms. The van der Waals surface area contributed by atoms with Gasteiger partial charge in [-0.25, -0.2) is 0 Å². The molecule has 0 spiro atoms. The lowest BCUT2D eigenvalue weighted by molar-refractivity contribution is 0.590. The summed E-state index contributed by atoms with van der Waals surface area (Å²) in [5.74, 6) is 0. The normalized spacial score (nSPS) is 14.5. The van der Waals surface area contributed by atoms with Crippen LogP contribution in [-0.4, -0.2) is 0 Å². The maximum atomic E-state index is 2.44. The lowest BCUT2D eigenvalue weighted by atomic mass is 9.80. The zero-order valence-corrected chi connectivity index (χ0v) is 23.5. The molecule has 0 atom stereocenters. The van der Waals surface area contributed by atoms with Crippen LogP contribution in [-0.2, 0) is 16.2 Å². The Morgan fingerprint density at radius 3 is 1.44 bits per heavy atom. The highest BCUT2D eigenvalue weighted by molar-refractivity contribution is 5.87. The fraction of sp³-hybridized carbons (Fsp3) is 0.333. The summed E-state index contributed by atoms with van der Waals surface area (Å²) in [5, 5.41) is 0. The minimum Gasteiger partial charge on any atom is -0.0579 e. The lowest BCUT2D eigenvalue weighted by Crippen LogP contribution is -2.15. The van der Waals surface area contributed by atoms with Crippen LogP contribution < -0.4 is 0 Å². The van der Waals surface area contributed by atoms with E-state index in [1.165, 1.54) is 61.2 Å². The molecule has 0 N–H and O–H groups in total. The summed E-state index contributed by atoms with van der Waals surface area (Å²) in [6, 6.07) is 30.2. The summed E-state index contributed by atoms with van der Waals surface area (Å²) < 4.78 is 0. The molecule has 0 amide bonds. The first-order chi connectivity index (χ1) is 16.8. The van der Waals surface area contributed by atoms with Gasteiger partial charge in [-0.05, 0) is 91.1 Å². The fourth-order valence-corrected chi connectivity index (χ4v) is 5.73. The molecule has 0 bridgehead atoms. The van der Waals surface area contributed by atoms with Gasteiger partial charge in [-0.3, -0.25) is 0 Å². The van der Waals surface area contributed by atoms with E-state index in [0.29, 0.717) is 0 Å². The molecular weight excluding hydrogens is 432 g/mol. The number of rotatable bonds is 2. The predicted molar refractivity (Wildman–Crippen MR) is 157 cm³/mol. The smallest absolute Gasteiger partial charge is 0.0159 e. The molecule has 36 heavy (non-hydrogen) atoms. The van der Waals surface area contributed by atoms with E-state index in [9.17, 15) is 0 Å². The van der Waals surface area contributed by atoms with Gasteiger partial charge in [0.05, 0.1) is 0 Å². The Morgan fingerprint density at radius 2 is 0.944 bits per heavy atom. The molecule has 184 valence electrons. The standard InChI is InChI=1S/C36H40/c1-23-20-27(25-12-17-29(18-13-25)35(5,6)7)22-32-33(23)30-19-14-26(21-31(30)36(32,8)9)24-10-15-28(16-11-24)34(2,3)4/h10-22H,1-9H3. The Kier molecular flexibility index (Phi) is 5.60. The highest BCUT2D eigenvalue weighted by Crippen LogP contribution is 2.52. The Morgan fingerprint density at radius 1 is 0.500 bits per heavy atom. The van der Waals surface area contributed by atoms with Crippen molar-refractivity contribution in [1.29, 1.82) is 0 Å². The highest BCUT2D eigenvalue weighted by atomic mass is 14.4. The van der Waals surface area contributed by atoms with Crippen LogP contribution in [0.4, 0.5) is 0 Å². The molecular formula is C36H40. The molecule has 5 rings (SSSR count). The second-order valence-electron chi connectivity index (χ2n) is 13.3. The Labute approximate surface area is 218 Å². The molecule has 0 radical (unpaired) electrons. The van der Waals surface area contributed by atoms with E-state index in [1.807, 2.05) is 0 Å². The number of fused-ring (bicyclic) bond motifs is 3. The van der Waals surface area contributed by atoms with Crippen molar-refractivity contribution in [3.8, 4) is 33.4 Å². The summed E-state index contributed by atoms with van der Waals surface area (Å²) in [6.07, 6.45) is 0. The number of benzene rings is 4. The van der Waals surface area contributed by atoms with Crippen molar-refractivity contribution in [2.24, 2.45) is 0 Å². The van der Waals surface area contributed by atoms with Crippen molar-refractivity contribution in [2.75, 3.05) is 0 Å². The third-order valence-corrected chi connectivity index (χ3v) is 8.14. The van der Waals surface area contributed by atoms with Crippen LogP contribution in [0.3, 0.4) is 0 Å². The van der Waals surface area contributed by atoms with Gasteiger partial charge in [0.15, 0.2) is 0 Å². The van der Waals surface area contributed by atoms with Crippen molar-refractivity contribution in [1.82, 2.24) is 0 Å². The second kappa shape index (κ2) is 8.20. The minimum absolute atomic E-state index is 0.0435. The maximum absolute atomic E-state index is 2.44. The third kappa shape index (κ3) is 4.11. The Balaban J connectivity index is 1.55. The van der Waals surface area contributed by atoms with Gasteiger partial charge in [0.1, 0.15) is 0 Å². The van der Waals surface area contributed by atoms with Crippen molar-refractivity contribution in [3.05, 3.63) is 107 Å². The first-order valence-corrected chi connectivity index (χ1v) is 13.3. The zero-order valence-electron chi connectivity index (χ0n) is 23.5. The highest BCUT2D eigenvalue weighted by Gasteiger charge is 2.37. The van der Waals surface area contributed by atoms with E-state index in [0.717, 1.165) is 0 Å². The van der Waals surface area contributed by atoms with E-state index in [-0.39, 0.29) is 16.2 Å². The number of hydrogen-bond donors (Lipinski definition) is 0. The molecule has 0 aliphatic heterocycles. The van der Waals surface area contributed by atoms with Crippen LogP contribution in [0.5, 0.6) is 0 Å². The van der Waals surface area contributed by atoms with E-state index >= 15 is 0 Å². The van der Waals surface area contributed by atoms with Crippen LogP contribution in [0.25, 0.3) is 33.4 Å². The summed E-state index contributed by atoms with van der Waals surface area (Å²) in [4.78, 5) is 0. The third-order valence-electron chi connectivity index (χ3n) is 8.14. The van der Waals surface area contributed by atoms with Crippen molar-refractivity contribution < 1.29 is 0 Å². The summed E-state index contributed by atoms with van der Waals surface area (Å²) in [5.41, 5.74) is 15.3. The molecule has 4 aromatic rings. The first-order valence-electron chi connectivity index (χ1n) is 13.3. The summed E-state index contributed by atoms with van der Waals surface area (Å²) in [7, 11) is 0. The van der Waals surface area contributed by atoms with Gasteiger partial charge in [-0.15, -0.1) is 0 Å². The van der Waals surface area contributed by atoms with E-state index < -0.39 is 0 Å². The van der Waals surface area contributed by atoms with Gasteiger partial charge < -0.3 is 0 Å². The molecule has 4 aromatic carbocycles. The number of hydrogen-bond acceptors (Lipinski definition) is 0. The fourth-order valence-electron chi connectivity index (χ4n) is 5.73. The van der Waals surface area contributed by atoms with Crippen LogP contribution >= 0.6 is 0 Å². The van der Waals surface area contributed by atoms with Crippen molar-refractivity contribution in [3.63, 3.8) is 0 Å². The van der Waals surface area contributed by atoms with Gasteiger partial charge in [0, 0.05) is 5.41 Å². The molecule has 0 nitrogen and oxygen atoms in total. The first kappa shape index (κ1) is 24.6. The maximum Gasteiger partial charge on any atom is 0.0159 e. The van der Waals surface area contributed by atoms with Crippen LogP contribution in [0.1, 0.15) is 83.2 Å². The molecule has 0 unspecified atom stereocenters. The molecule has 0 fully saturated rings. The predicted octanol–water partition coefficient (Wildman–Crippen LogP) is 10.2. The Hall–Kier alpha value is -3.12. The van der Waals surface area contributed by atoms with Crippen molar-refractivity contribution >= 4 is 0 Å². The molecule has 1 aliphatic carbocycles. The SMILES string of the molecule is Cc1cc(-c2ccc(C(C)(C)C)cc2)cc2c1-c1ccc(-c3ccc(C(C)(C)C)cc3)cc1C2(C)C. The van der Waals surface area contributed by atoms with Gasteiger partial charge in [-0.1, -0.05) is 122 Å². The average molecular weight is 473 g/mol. The Bertz CT molecular complexity index is 1430. The summed E-state index contributed by atoms with van der Waals surface area (Å²) >= 11 is 0. The summed E-state index contributed by atoms with van der Waals surface area (Å²) in [6.45, 7) is 20.7. The molecule has 1 aliphatic rings. The molecule has 0 heterocycles. The molecule has 0 saturated carbocycles. The van der Waals surface area contributed by atoms with Gasteiger partial charge >= 0.3 is 0 Å². The van der Waals surface area contributed by atoms with Gasteiger partial charge in [0.25, 0.3) is 0 Å². The van der Waals surface area contributed by atoms with Crippen LogP contribution in [0.2, 0.25) is 0 Å². The topological polar surface area (TPSA) is 0 Å². The van der Waals surface area contributed by atoms with Gasteiger partial charge in [0.2, 0.25) is 0 Å². The van der Waals surface area contributed by atoms with Crippen molar-refractivity contribution in [2.45, 2.75) is 78.6 Å². The van der Waals surface area contributed by atoms with E-state index in [1.54, 1.807) is 0 Å². The zero-order chi connectivity index (χ0) is 26.0. The molecule has 0 saturated heterocycles. The van der Waals surface area contributed by atoms with E-state index in [2.05, 4.69) is 141 Å². The lowest BCUT2D eigenvalue weighted by Gasteiger charge is -2.23. The minimum atomic E-state index is -0.0435.